The van der Waals surface area contributed by atoms with Crippen LogP contribution < -0.4 is 5.56 Å². The maximum Gasteiger partial charge on any atom is 0.262 e. The number of nitrogens with zero attached hydrogens (tertiary/aromatic N) is 1. The summed E-state index contributed by atoms with van der Waals surface area (Å²) in [6.45, 7) is 2.00. The van der Waals surface area contributed by atoms with Crippen LogP contribution in [-0.4, -0.2) is 21.5 Å². The zero-order valence-corrected chi connectivity index (χ0v) is 15.5. The van der Waals surface area contributed by atoms with Crippen LogP contribution in [0.2, 0.25) is 0 Å². The van der Waals surface area contributed by atoms with Crippen LogP contribution in [0.5, 0.6) is 0 Å². The van der Waals surface area contributed by atoms with E-state index in [0.29, 0.717) is 31.1 Å². The molecule has 4 nitrogen and oxygen atoms in total. The summed E-state index contributed by atoms with van der Waals surface area (Å²) in [5.74, 6) is -1.01. The molecule has 1 N–H and O–H groups in total. The van der Waals surface area contributed by atoms with Crippen LogP contribution in [0.3, 0.4) is 0 Å². The van der Waals surface area contributed by atoms with Crippen molar-refractivity contribution in [2.75, 3.05) is 5.75 Å². The van der Waals surface area contributed by atoms with E-state index < -0.39 is 17.2 Å². The van der Waals surface area contributed by atoms with Crippen LogP contribution >= 0.6 is 11.8 Å². The summed E-state index contributed by atoms with van der Waals surface area (Å²) in [6, 6.07) is 9.54. The summed E-state index contributed by atoms with van der Waals surface area (Å²) in [5, 5.41) is 0.0255. The van der Waals surface area contributed by atoms with Crippen LogP contribution in [0.1, 0.15) is 24.0 Å². The van der Waals surface area contributed by atoms with Gasteiger partial charge in [0.2, 0.25) is 0 Å². The topological polar surface area (TPSA) is 62.8 Å². The molecular weight excluding hydrogens is 370 g/mol. The van der Waals surface area contributed by atoms with E-state index >= 15 is 0 Å². The molecule has 0 radical (unpaired) electrons. The number of aryl methyl sites for hydroxylation is 1. The Morgan fingerprint density at radius 3 is 2.67 bits per heavy atom. The van der Waals surface area contributed by atoms with Crippen LogP contribution in [0.15, 0.2) is 46.3 Å². The molecule has 0 fully saturated rings. The highest BCUT2D eigenvalue weighted by Gasteiger charge is 2.11. The molecule has 7 heteroatoms. The largest absolute Gasteiger partial charge is 0.301 e. The van der Waals surface area contributed by atoms with Crippen LogP contribution in [0, 0.1) is 18.6 Å². The summed E-state index contributed by atoms with van der Waals surface area (Å²) in [4.78, 5) is 30.6. The SMILES string of the molecule is Cc1ccc(CC(=O)CCCSc2nc3cc(F)cc(F)c3c(=O)[nH]2)cc1. The van der Waals surface area contributed by atoms with Crippen molar-refractivity contribution in [3.05, 3.63) is 69.5 Å². The molecule has 1 heterocycles. The van der Waals surface area contributed by atoms with Gasteiger partial charge >= 0.3 is 0 Å². The highest BCUT2D eigenvalue weighted by atomic mass is 32.2. The summed E-state index contributed by atoms with van der Waals surface area (Å²) in [7, 11) is 0. The van der Waals surface area contributed by atoms with Gasteiger partial charge in [-0.15, -0.1) is 0 Å². The number of H-pyrrole nitrogens is 1. The summed E-state index contributed by atoms with van der Waals surface area (Å²) >= 11 is 1.25. The van der Waals surface area contributed by atoms with Crippen molar-refractivity contribution in [3.63, 3.8) is 0 Å². The Labute approximate surface area is 159 Å². The molecule has 3 rings (SSSR count). The molecule has 1 aromatic heterocycles. The zero-order chi connectivity index (χ0) is 19.4. The van der Waals surface area contributed by atoms with Gasteiger partial charge in [0.25, 0.3) is 5.56 Å². The number of benzene rings is 2. The average molecular weight is 388 g/mol. The van der Waals surface area contributed by atoms with E-state index in [9.17, 15) is 18.4 Å². The van der Waals surface area contributed by atoms with E-state index in [4.69, 9.17) is 0 Å². The van der Waals surface area contributed by atoms with Gasteiger partial charge in [0.05, 0.1) is 5.52 Å². The Kier molecular flexibility index (Phi) is 6.01. The second kappa shape index (κ2) is 8.43. The second-order valence-electron chi connectivity index (χ2n) is 6.31. The minimum absolute atomic E-state index is 0.0193. The Morgan fingerprint density at radius 1 is 1.19 bits per heavy atom. The van der Waals surface area contributed by atoms with Gasteiger partial charge in [-0.25, -0.2) is 13.8 Å². The second-order valence-corrected chi connectivity index (χ2v) is 7.39. The predicted octanol–water partition coefficient (Wildman–Crippen LogP) is 4.19. The van der Waals surface area contributed by atoms with E-state index in [0.717, 1.165) is 17.2 Å². The third kappa shape index (κ3) is 5.01. The molecular formula is C20H18F2N2O2S. The highest BCUT2D eigenvalue weighted by Crippen LogP contribution is 2.19. The normalized spacial score (nSPS) is 11.1. The molecule has 0 aliphatic carbocycles. The molecule has 0 saturated carbocycles. The molecule has 0 spiro atoms. The molecule has 0 aliphatic heterocycles. The van der Waals surface area contributed by atoms with Gasteiger partial charge in [-0.3, -0.25) is 9.59 Å². The van der Waals surface area contributed by atoms with E-state index in [1.807, 2.05) is 31.2 Å². The van der Waals surface area contributed by atoms with Crippen molar-refractivity contribution in [1.82, 2.24) is 9.97 Å². The zero-order valence-electron chi connectivity index (χ0n) is 14.7. The molecule has 3 aromatic rings. The Morgan fingerprint density at radius 2 is 1.93 bits per heavy atom. The van der Waals surface area contributed by atoms with Crippen LogP contribution in [-0.2, 0) is 11.2 Å². The third-order valence-corrected chi connectivity index (χ3v) is 5.02. The molecule has 140 valence electrons. The predicted molar refractivity (Wildman–Crippen MR) is 102 cm³/mol. The molecule has 0 saturated heterocycles. The van der Waals surface area contributed by atoms with E-state index in [2.05, 4.69) is 9.97 Å². The first-order valence-corrected chi connectivity index (χ1v) is 9.50. The standard InChI is InChI=1S/C20H18F2N2O2S/c1-12-4-6-13(7-5-12)9-15(25)3-2-8-27-20-23-17-11-14(21)10-16(22)18(17)19(26)24-20/h4-7,10-11H,2-3,8-9H2,1H3,(H,23,24,26). The molecule has 2 aromatic carbocycles. The fourth-order valence-corrected chi connectivity index (χ4v) is 3.51. The number of ketones is 1. The number of Topliss-reactive ketones (excluding diaryl/α,β-unsaturated/α-hetero) is 1. The van der Waals surface area contributed by atoms with Crippen molar-refractivity contribution in [1.29, 1.82) is 0 Å². The van der Waals surface area contributed by atoms with Gasteiger partial charge in [0.1, 0.15) is 22.8 Å². The fraction of sp³-hybridized carbons (Fsp3) is 0.250. The van der Waals surface area contributed by atoms with E-state index in [1.54, 1.807) is 0 Å². The summed E-state index contributed by atoms with van der Waals surface area (Å²) in [5.41, 5.74) is 1.48. The average Bonchev–Trinajstić information content (AvgIpc) is 2.60. The van der Waals surface area contributed by atoms with E-state index in [-0.39, 0.29) is 21.8 Å². The van der Waals surface area contributed by atoms with Gasteiger partial charge in [0, 0.05) is 30.7 Å². The minimum Gasteiger partial charge on any atom is -0.301 e. The first-order chi connectivity index (χ1) is 12.9. The Balaban J connectivity index is 1.55. The maximum absolute atomic E-state index is 13.7. The monoisotopic (exact) mass is 388 g/mol. The number of aromatic amines is 1. The minimum atomic E-state index is -0.933. The molecule has 0 amide bonds. The molecule has 0 aliphatic rings. The van der Waals surface area contributed by atoms with Gasteiger partial charge in [-0.1, -0.05) is 41.6 Å². The lowest BCUT2D eigenvalue weighted by Gasteiger charge is -2.04. The van der Waals surface area contributed by atoms with E-state index in [1.165, 1.54) is 11.8 Å². The van der Waals surface area contributed by atoms with Crippen molar-refractivity contribution >= 4 is 28.4 Å². The number of rotatable bonds is 7. The molecule has 27 heavy (non-hydrogen) atoms. The number of carbonyl (C=O) groups is 1. The summed E-state index contributed by atoms with van der Waals surface area (Å²) in [6.07, 6.45) is 1.44. The lowest BCUT2D eigenvalue weighted by molar-refractivity contribution is -0.118. The van der Waals surface area contributed by atoms with Gasteiger partial charge in [-0.2, -0.15) is 0 Å². The number of nitrogens with one attached hydrogen (secondary N) is 1. The molecule has 0 unspecified atom stereocenters. The Bertz CT molecular complexity index is 1030. The van der Waals surface area contributed by atoms with Gasteiger partial charge < -0.3 is 4.98 Å². The van der Waals surface area contributed by atoms with Gasteiger partial charge in [-0.05, 0) is 18.9 Å². The first kappa shape index (κ1) is 19.2. The Hall–Kier alpha value is -2.54. The lowest BCUT2D eigenvalue weighted by atomic mass is 10.0. The first-order valence-electron chi connectivity index (χ1n) is 8.51. The molecule has 0 atom stereocenters. The number of thioether (sulfide) groups is 1. The van der Waals surface area contributed by atoms with Crippen molar-refractivity contribution in [2.24, 2.45) is 0 Å². The van der Waals surface area contributed by atoms with Crippen molar-refractivity contribution in [3.8, 4) is 0 Å². The number of halogens is 2. The lowest BCUT2D eigenvalue weighted by Crippen LogP contribution is -2.11. The fourth-order valence-electron chi connectivity index (χ4n) is 2.70. The third-order valence-electron chi connectivity index (χ3n) is 4.06. The highest BCUT2D eigenvalue weighted by molar-refractivity contribution is 7.99. The van der Waals surface area contributed by atoms with Gasteiger partial charge in [0.15, 0.2) is 5.16 Å². The van der Waals surface area contributed by atoms with Crippen LogP contribution in [0.4, 0.5) is 8.78 Å². The quantitative estimate of drug-likeness (QED) is 0.374. The van der Waals surface area contributed by atoms with Crippen molar-refractivity contribution in [2.45, 2.75) is 31.3 Å². The molecule has 0 bridgehead atoms. The number of fused-ring (bicyclic) bond motifs is 1. The smallest absolute Gasteiger partial charge is 0.262 e. The van der Waals surface area contributed by atoms with Crippen LogP contribution in [0.25, 0.3) is 10.9 Å². The van der Waals surface area contributed by atoms with Crippen molar-refractivity contribution < 1.29 is 13.6 Å². The number of carbonyl (C=O) groups excluding carboxylic acids is 1. The number of hydrogen-bond donors (Lipinski definition) is 1. The summed E-state index contributed by atoms with van der Waals surface area (Å²) < 4.78 is 27.0. The maximum atomic E-state index is 13.7. The number of aromatic nitrogens is 2. The number of hydrogen-bond acceptors (Lipinski definition) is 4.